The molecule has 1 heterocycles. The Labute approximate surface area is 75.1 Å². The molecule has 1 atom stereocenters. The molecule has 0 bridgehead atoms. The molecule has 3 nitrogen and oxygen atoms in total. The fraction of sp³-hybridized carbons (Fsp3) is 0.833. The van der Waals surface area contributed by atoms with Crippen molar-refractivity contribution in [2.24, 2.45) is 5.10 Å². The second kappa shape index (κ2) is 3.52. The highest BCUT2D eigenvalue weighted by atomic mass is 127. The lowest BCUT2D eigenvalue weighted by Gasteiger charge is -2.17. The molecule has 0 saturated heterocycles. The van der Waals surface area contributed by atoms with E-state index < -0.39 is 0 Å². The summed E-state index contributed by atoms with van der Waals surface area (Å²) in [5.74, 6) is 0. The maximum Gasteiger partial charge on any atom is 0.147 e. The molecule has 0 aromatic heterocycles. The summed E-state index contributed by atoms with van der Waals surface area (Å²) in [5.41, 5.74) is 1.20. The average molecular weight is 254 g/mol. The van der Waals surface area contributed by atoms with Gasteiger partial charge in [-0.25, -0.2) is 0 Å². The van der Waals surface area contributed by atoms with Gasteiger partial charge in [-0.15, -0.1) is 0 Å². The van der Waals surface area contributed by atoms with Crippen molar-refractivity contribution in [2.75, 3.05) is 6.73 Å². The first-order valence-electron chi connectivity index (χ1n) is 3.28. The van der Waals surface area contributed by atoms with Gasteiger partial charge in [-0.1, -0.05) is 0 Å². The quantitative estimate of drug-likeness (QED) is 0.701. The van der Waals surface area contributed by atoms with Crippen molar-refractivity contribution in [3.63, 3.8) is 0 Å². The minimum atomic E-state index is 0.509. The highest BCUT2D eigenvalue weighted by Crippen LogP contribution is 2.14. The van der Waals surface area contributed by atoms with Gasteiger partial charge < -0.3 is 0 Å². The molecule has 0 radical (unpaired) electrons. The van der Waals surface area contributed by atoms with E-state index in [2.05, 4.69) is 12.0 Å². The van der Waals surface area contributed by atoms with Gasteiger partial charge in [0.2, 0.25) is 0 Å². The van der Waals surface area contributed by atoms with Crippen molar-refractivity contribution in [1.82, 2.24) is 5.01 Å². The Hall–Kier alpha value is 0.160. The molecular weight excluding hydrogens is 243 g/mol. The summed E-state index contributed by atoms with van der Waals surface area (Å²) in [5, 5.41) is 6.24. The highest BCUT2D eigenvalue weighted by molar-refractivity contribution is 14.1. The first kappa shape index (κ1) is 8.26. The van der Waals surface area contributed by atoms with Crippen LogP contribution >= 0.6 is 23.0 Å². The smallest absolute Gasteiger partial charge is 0.147 e. The van der Waals surface area contributed by atoms with E-state index in [1.54, 1.807) is 0 Å². The second-order valence-electron chi connectivity index (χ2n) is 2.57. The molecule has 0 aromatic carbocycles. The van der Waals surface area contributed by atoms with Crippen LogP contribution in [0.1, 0.15) is 20.3 Å². The fourth-order valence-electron chi connectivity index (χ4n) is 1.10. The minimum Gasteiger partial charge on any atom is -0.292 e. The van der Waals surface area contributed by atoms with E-state index in [4.69, 9.17) is 3.07 Å². The van der Waals surface area contributed by atoms with Crippen LogP contribution < -0.4 is 0 Å². The summed E-state index contributed by atoms with van der Waals surface area (Å²) in [4.78, 5) is 0. The summed E-state index contributed by atoms with van der Waals surface area (Å²) >= 11 is 1.88. The Morgan fingerprint density at radius 3 is 3.00 bits per heavy atom. The van der Waals surface area contributed by atoms with Crippen LogP contribution in [0.5, 0.6) is 0 Å². The molecule has 0 aromatic rings. The Kier molecular flexibility index (Phi) is 2.91. The Bertz CT molecular complexity index is 149. The molecule has 4 heteroatoms. The van der Waals surface area contributed by atoms with E-state index in [-0.39, 0.29) is 0 Å². The molecular formula is C6H11IN2O. The third-order valence-corrected chi connectivity index (χ3v) is 1.86. The lowest BCUT2D eigenvalue weighted by Crippen LogP contribution is -2.24. The topological polar surface area (TPSA) is 24.8 Å². The lowest BCUT2D eigenvalue weighted by molar-refractivity contribution is 0.143. The zero-order valence-electron chi connectivity index (χ0n) is 6.17. The van der Waals surface area contributed by atoms with Gasteiger partial charge in [-0.3, -0.25) is 8.08 Å². The second-order valence-corrected chi connectivity index (χ2v) is 3.19. The largest absolute Gasteiger partial charge is 0.292 e. The summed E-state index contributed by atoms with van der Waals surface area (Å²) in [6.45, 7) is 4.79. The van der Waals surface area contributed by atoms with Crippen molar-refractivity contribution >= 4 is 28.7 Å². The molecule has 0 N–H and O–H groups in total. The van der Waals surface area contributed by atoms with Crippen molar-refractivity contribution in [1.29, 1.82) is 0 Å². The third kappa shape index (κ3) is 1.82. The van der Waals surface area contributed by atoms with E-state index in [1.165, 1.54) is 5.71 Å². The van der Waals surface area contributed by atoms with E-state index in [0.29, 0.717) is 12.8 Å². The first-order valence-corrected chi connectivity index (χ1v) is 4.16. The Balaban J connectivity index is 2.44. The molecule has 0 aliphatic carbocycles. The Morgan fingerprint density at radius 2 is 2.60 bits per heavy atom. The number of hydrogen-bond acceptors (Lipinski definition) is 3. The van der Waals surface area contributed by atoms with Crippen LogP contribution in [0.25, 0.3) is 0 Å². The van der Waals surface area contributed by atoms with Crippen LogP contribution in [0.3, 0.4) is 0 Å². The molecule has 1 rings (SSSR count). The van der Waals surface area contributed by atoms with Crippen LogP contribution in [-0.2, 0) is 3.07 Å². The number of halogens is 1. The van der Waals surface area contributed by atoms with Crippen LogP contribution in [0.15, 0.2) is 5.10 Å². The number of hydrogen-bond donors (Lipinski definition) is 0. The van der Waals surface area contributed by atoms with E-state index >= 15 is 0 Å². The van der Waals surface area contributed by atoms with Crippen LogP contribution in [-0.4, -0.2) is 23.5 Å². The normalized spacial score (nSPS) is 25.3. The zero-order chi connectivity index (χ0) is 7.56. The molecule has 0 saturated carbocycles. The van der Waals surface area contributed by atoms with Crippen molar-refractivity contribution in [3.05, 3.63) is 0 Å². The predicted octanol–water partition coefficient (Wildman–Crippen LogP) is 1.78. The maximum atomic E-state index is 4.93. The van der Waals surface area contributed by atoms with Crippen molar-refractivity contribution < 1.29 is 3.07 Å². The van der Waals surface area contributed by atoms with Crippen LogP contribution in [0.4, 0.5) is 0 Å². The van der Waals surface area contributed by atoms with E-state index in [1.807, 2.05) is 34.9 Å². The summed E-state index contributed by atoms with van der Waals surface area (Å²) < 4.78 is 4.93. The van der Waals surface area contributed by atoms with Gasteiger partial charge in [0, 0.05) is 12.1 Å². The zero-order valence-corrected chi connectivity index (χ0v) is 8.33. The van der Waals surface area contributed by atoms with Gasteiger partial charge >= 0.3 is 0 Å². The highest BCUT2D eigenvalue weighted by Gasteiger charge is 2.18. The van der Waals surface area contributed by atoms with E-state index in [0.717, 1.165) is 6.42 Å². The molecule has 10 heavy (non-hydrogen) atoms. The third-order valence-electron chi connectivity index (χ3n) is 1.58. The van der Waals surface area contributed by atoms with E-state index in [9.17, 15) is 0 Å². The molecule has 1 aliphatic heterocycles. The molecule has 1 aliphatic rings. The van der Waals surface area contributed by atoms with Gasteiger partial charge in [0.15, 0.2) is 0 Å². The van der Waals surface area contributed by atoms with Gasteiger partial charge in [-0.2, -0.15) is 5.10 Å². The summed E-state index contributed by atoms with van der Waals surface area (Å²) in [6.07, 6.45) is 1.07. The Morgan fingerprint density at radius 1 is 1.90 bits per heavy atom. The standard InChI is InChI=1S/C6H11IN2O/c1-5-3-6(2)9(8-5)4-10-7/h6H,3-4H2,1-2H3. The average Bonchev–Trinajstić information content (AvgIpc) is 2.13. The van der Waals surface area contributed by atoms with Gasteiger partial charge in [0.05, 0.1) is 6.04 Å². The number of hydrazone groups is 1. The number of nitrogens with zero attached hydrogens (tertiary/aromatic N) is 2. The van der Waals surface area contributed by atoms with Crippen LogP contribution in [0.2, 0.25) is 0 Å². The number of rotatable bonds is 2. The fourth-order valence-corrected chi connectivity index (χ4v) is 1.38. The molecule has 0 fully saturated rings. The van der Waals surface area contributed by atoms with Gasteiger partial charge in [0.25, 0.3) is 0 Å². The SMILES string of the molecule is CC1=NN(COI)C(C)C1. The summed E-state index contributed by atoms with van der Waals surface area (Å²) in [6, 6.07) is 0.509. The first-order chi connectivity index (χ1) is 4.74. The van der Waals surface area contributed by atoms with Crippen LogP contribution in [0, 0.1) is 0 Å². The molecule has 0 spiro atoms. The van der Waals surface area contributed by atoms with Crippen molar-refractivity contribution in [2.45, 2.75) is 26.3 Å². The molecule has 1 unspecified atom stereocenters. The predicted molar refractivity (Wildman–Crippen MR) is 49.0 cm³/mol. The minimum absolute atomic E-state index is 0.509. The summed E-state index contributed by atoms with van der Waals surface area (Å²) in [7, 11) is 0. The van der Waals surface area contributed by atoms with Gasteiger partial charge in [-0.05, 0) is 13.8 Å². The monoisotopic (exact) mass is 254 g/mol. The lowest BCUT2D eigenvalue weighted by atomic mass is 10.2. The van der Waals surface area contributed by atoms with Gasteiger partial charge in [0.1, 0.15) is 29.7 Å². The molecule has 58 valence electrons. The van der Waals surface area contributed by atoms with Crippen molar-refractivity contribution in [3.8, 4) is 0 Å². The maximum absolute atomic E-state index is 4.93. The molecule has 0 amide bonds.